The number of carbonyl (C=O) groups is 4. The molecule has 2 aromatic rings. The number of piperidine rings is 1. The molecule has 1 fully saturated rings. The van der Waals surface area contributed by atoms with Gasteiger partial charge >= 0.3 is 0 Å². The summed E-state index contributed by atoms with van der Waals surface area (Å²) in [6.45, 7) is 4.61. The van der Waals surface area contributed by atoms with Crippen LogP contribution in [0.3, 0.4) is 0 Å². The first-order valence-electron chi connectivity index (χ1n) is 10.0. The van der Waals surface area contributed by atoms with Gasteiger partial charge in [0.1, 0.15) is 6.04 Å². The predicted molar refractivity (Wildman–Crippen MR) is 108 cm³/mol. The molecule has 0 bridgehead atoms. The first-order valence-corrected chi connectivity index (χ1v) is 10.0. The fourth-order valence-corrected chi connectivity index (χ4v) is 3.76. The molecule has 2 aliphatic heterocycles. The van der Waals surface area contributed by atoms with Crippen LogP contribution in [0.4, 0.5) is 5.69 Å². The predicted octanol–water partition coefficient (Wildman–Crippen LogP) is 1.87. The third kappa shape index (κ3) is 3.36. The van der Waals surface area contributed by atoms with Crippen molar-refractivity contribution in [1.82, 2.24) is 20.0 Å². The van der Waals surface area contributed by atoms with Gasteiger partial charge in [-0.3, -0.25) is 34.1 Å². The molecule has 1 saturated heterocycles. The van der Waals surface area contributed by atoms with Crippen LogP contribution in [0.2, 0.25) is 0 Å². The van der Waals surface area contributed by atoms with Crippen LogP contribution in [0.15, 0.2) is 30.6 Å². The number of nitrogens with one attached hydrogen (secondary N) is 2. The Morgan fingerprint density at radius 3 is 2.77 bits per heavy atom. The maximum atomic E-state index is 13.1. The van der Waals surface area contributed by atoms with Crippen molar-refractivity contribution >= 4 is 29.3 Å². The Morgan fingerprint density at radius 2 is 2.03 bits per heavy atom. The smallest absolute Gasteiger partial charge is 0.264 e. The van der Waals surface area contributed by atoms with Crippen LogP contribution in [0, 0.1) is 0 Å². The summed E-state index contributed by atoms with van der Waals surface area (Å²) in [7, 11) is 0. The molecule has 156 valence electrons. The molecule has 3 heterocycles. The molecule has 1 aromatic carbocycles. The van der Waals surface area contributed by atoms with E-state index in [1.54, 1.807) is 24.4 Å². The summed E-state index contributed by atoms with van der Waals surface area (Å²) in [6.07, 6.45) is 4.91. The van der Waals surface area contributed by atoms with Gasteiger partial charge in [-0.15, -0.1) is 0 Å². The summed E-state index contributed by atoms with van der Waals surface area (Å²) in [6, 6.07) is 4.32. The molecule has 2 atom stereocenters. The summed E-state index contributed by atoms with van der Waals surface area (Å²) < 4.78 is 1.89. The van der Waals surface area contributed by atoms with Crippen LogP contribution >= 0.6 is 0 Å². The highest BCUT2D eigenvalue weighted by atomic mass is 16.2. The standard InChI is InChI=1S/C21H23N5O4/c1-3-12(2)25-11-13(10-23-25)9-22-15-6-4-5-14-18(15)21(30)26(20(14)29)16-7-8-17(27)24-19(16)28/h4-6,10-12,16,22H,3,7-9H2,1-2H3,(H,24,27,28)/t12-,16?/m0/s1. The zero-order valence-electron chi connectivity index (χ0n) is 16.8. The molecule has 9 heteroatoms. The quantitative estimate of drug-likeness (QED) is 0.704. The number of rotatable bonds is 6. The summed E-state index contributed by atoms with van der Waals surface area (Å²) in [5.41, 5.74) is 1.98. The number of fused-ring (bicyclic) bond motifs is 1. The second-order valence-corrected chi connectivity index (χ2v) is 7.61. The molecule has 0 spiro atoms. The minimum absolute atomic E-state index is 0.0924. The Balaban J connectivity index is 1.55. The van der Waals surface area contributed by atoms with Gasteiger partial charge in [-0.2, -0.15) is 5.10 Å². The summed E-state index contributed by atoms with van der Waals surface area (Å²) in [5, 5.41) is 9.78. The second kappa shape index (κ2) is 7.74. The molecule has 4 amide bonds. The van der Waals surface area contributed by atoms with Gasteiger partial charge in [0.25, 0.3) is 11.8 Å². The van der Waals surface area contributed by atoms with Crippen molar-refractivity contribution in [3.05, 3.63) is 47.3 Å². The van der Waals surface area contributed by atoms with E-state index in [1.165, 1.54) is 0 Å². The Morgan fingerprint density at radius 1 is 1.23 bits per heavy atom. The monoisotopic (exact) mass is 409 g/mol. The molecule has 0 saturated carbocycles. The highest BCUT2D eigenvalue weighted by Gasteiger charge is 2.45. The summed E-state index contributed by atoms with van der Waals surface area (Å²) >= 11 is 0. The molecule has 1 unspecified atom stereocenters. The van der Waals surface area contributed by atoms with E-state index in [9.17, 15) is 19.2 Å². The molecular weight excluding hydrogens is 386 g/mol. The minimum Gasteiger partial charge on any atom is -0.380 e. The van der Waals surface area contributed by atoms with Crippen molar-refractivity contribution in [2.45, 2.75) is 51.7 Å². The highest BCUT2D eigenvalue weighted by Crippen LogP contribution is 2.32. The maximum absolute atomic E-state index is 13.1. The topological polar surface area (TPSA) is 113 Å². The van der Waals surface area contributed by atoms with Crippen molar-refractivity contribution < 1.29 is 19.2 Å². The molecule has 0 aliphatic carbocycles. The average molecular weight is 409 g/mol. The van der Waals surface area contributed by atoms with Gasteiger partial charge in [0.2, 0.25) is 11.8 Å². The second-order valence-electron chi connectivity index (χ2n) is 7.61. The van der Waals surface area contributed by atoms with Gasteiger partial charge in [-0.1, -0.05) is 13.0 Å². The molecule has 4 rings (SSSR count). The number of anilines is 1. The van der Waals surface area contributed by atoms with E-state index >= 15 is 0 Å². The van der Waals surface area contributed by atoms with E-state index in [0.717, 1.165) is 16.9 Å². The van der Waals surface area contributed by atoms with E-state index in [-0.39, 0.29) is 24.0 Å². The average Bonchev–Trinajstić information content (AvgIpc) is 3.30. The highest BCUT2D eigenvalue weighted by molar-refractivity contribution is 6.25. The largest absolute Gasteiger partial charge is 0.380 e. The van der Waals surface area contributed by atoms with Gasteiger partial charge < -0.3 is 5.32 Å². The number of carbonyl (C=O) groups excluding carboxylic acids is 4. The maximum Gasteiger partial charge on any atom is 0.264 e. The van der Waals surface area contributed by atoms with Crippen molar-refractivity contribution in [2.75, 3.05) is 5.32 Å². The number of imide groups is 2. The minimum atomic E-state index is -0.975. The number of amides is 4. The number of benzene rings is 1. The first kappa shape index (κ1) is 19.8. The lowest BCUT2D eigenvalue weighted by Gasteiger charge is -2.27. The third-order valence-corrected chi connectivity index (χ3v) is 5.65. The van der Waals surface area contributed by atoms with E-state index in [4.69, 9.17) is 0 Å². The van der Waals surface area contributed by atoms with Gasteiger partial charge in [-0.25, -0.2) is 0 Å². The van der Waals surface area contributed by atoms with Crippen LogP contribution in [-0.2, 0) is 16.1 Å². The lowest BCUT2D eigenvalue weighted by atomic mass is 10.0. The number of nitrogens with zero attached hydrogens (tertiary/aromatic N) is 3. The molecule has 9 nitrogen and oxygen atoms in total. The molecule has 0 radical (unpaired) electrons. The van der Waals surface area contributed by atoms with Crippen molar-refractivity contribution in [3.63, 3.8) is 0 Å². The fourth-order valence-electron chi connectivity index (χ4n) is 3.76. The van der Waals surface area contributed by atoms with Gasteiger partial charge in [0, 0.05) is 36.5 Å². The zero-order valence-corrected chi connectivity index (χ0v) is 16.8. The lowest BCUT2D eigenvalue weighted by Crippen LogP contribution is -2.54. The van der Waals surface area contributed by atoms with Gasteiger partial charge in [0.05, 0.1) is 17.3 Å². The Hall–Kier alpha value is -3.49. The van der Waals surface area contributed by atoms with Crippen molar-refractivity contribution in [1.29, 1.82) is 0 Å². The summed E-state index contributed by atoms with van der Waals surface area (Å²) in [4.78, 5) is 50.5. The van der Waals surface area contributed by atoms with E-state index in [0.29, 0.717) is 18.3 Å². The Kier molecular flexibility index (Phi) is 5.11. The molecular formula is C21H23N5O4. The number of aromatic nitrogens is 2. The van der Waals surface area contributed by atoms with Crippen LogP contribution in [0.25, 0.3) is 0 Å². The molecule has 2 N–H and O–H groups in total. The lowest BCUT2D eigenvalue weighted by molar-refractivity contribution is -0.136. The SMILES string of the molecule is CC[C@H](C)n1cc(CNc2cccc3c2C(=O)N(C2CCC(=O)NC2=O)C3=O)cn1. The molecule has 1 aromatic heterocycles. The van der Waals surface area contributed by atoms with Gasteiger partial charge in [-0.05, 0) is 31.9 Å². The normalized spacial score (nSPS) is 19.7. The fraction of sp³-hybridized carbons (Fsp3) is 0.381. The van der Waals surface area contributed by atoms with E-state index < -0.39 is 29.7 Å². The van der Waals surface area contributed by atoms with Crippen molar-refractivity contribution in [3.8, 4) is 0 Å². The van der Waals surface area contributed by atoms with E-state index in [1.807, 2.05) is 10.9 Å². The van der Waals surface area contributed by atoms with Crippen LogP contribution in [0.5, 0.6) is 0 Å². The number of hydrogen-bond acceptors (Lipinski definition) is 6. The molecule has 2 aliphatic rings. The third-order valence-electron chi connectivity index (χ3n) is 5.65. The van der Waals surface area contributed by atoms with Crippen LogP contribution < -0.4 is 10.6 Å². The Bertz CT molecular complexity index is 1040. The zero-order chi connectivity index (χ0) is 21.4. The molecule has 30 heavy (non-hydrogen) atoms. The van der Waals surface area contributed by atoms with Crippen LogP contribution in [-0.4, -0.2) is 44.4 Å². The summed E-state index contributed by atoms with van der Waals surface area (Å²) in [5.74, 6) is -2.05. The van der Waals surface area contributed by atoms with Gasteiger partial charge in [0.15, 0.2) is 0 Å². The number of hydrogen-bond donors (Lipinski definition) is 2. The van der Waals surface area contributed by atoms with E-state index in [2.05, 4.69) is 29.6 Å². The Labute approximate surface area is 173 Å². The van der Waals surface area contributed by atoms with Crippen LogP contribution in [0.1, 0.15) is 65.4 Å². The first-order chi connectivity index (χ1) is 14.4. The van der Waals surface area contributed by atoms with Crippen molar-refractivity contribution in [2.24, 2.45) is 0 Å².